The molecule has 2 aromatic carbocycles. The zero-order valence-electron chi connectivity index (χ0n) is 10.8. The predicted molar refractivity (Wildman–Crippen MR) is 88.1 cm³/mol. The van der Waals surface area contributed by atoms with Crippen LogP contribution >= 0.6 is 12.2 Å². The number of para-hydroxylation sites is 1. The summed E-state index contributed by atoms with van der Waals surface area (Å²) in [5, 5.41) is 8.96. The van der Waals surface area contributed by atoms with Gasteiger partial charge in [-0.05, 0) is 36.5 Å². The predicted octanol–water partition coefficient (Wildman–Crippen LogP) is 4.06. The molecule has 0 radical (unpaired) electrons. The summed E-state index contributed by atoms with van der Waals surface area (Å²) in [5.74, 6) is 0. The zero-order chi connectivity index (χ0) is 13.9. The van der Waals surface area contributed by atoms with Gasteiger partial charge in [-0.3, -0.25) is 0 Å². The number of hydrogen-bond acceptors (Lipinski definition) is 2. The Kier molecular flexibility index (Phi) is 3.39. The molecule has 0 spiro atoms. The summed E-state index contributed by atoms with van der Waals surface area (Å²) in [6, 6.07) is 14.0. The second kappa shape index (κ2) is 5.35. The molecule has 0 aliphatic heterocycles. The monoisotopic (exact) mass is 282 g/mol. The molecule has 0 aliphatic carbocycles. The molecule has 0 aliphatic rings. The van der Waals surface area contributed by atoms with Crippen molar-refractivity contribution in [2.24, 2.45) is 0 Å². The fourth-order valence-corrected chi connectivity index (χ4v) is 2.35. The van der Waals surface area contributed by atoms with E-state index in [2.05, 4.69) is 23.3 Å². The van der Waals surface area contributed by atoms with Gasteiger partial charge in [0.05, 0.1) is 0 Å². The SMILES string of the molecule is C=CCNC(=S)Nc1ccc2oc3ccccc3c2c1. The van der Waals surface area contributed by atoms with Crippen LogP contribution in [0.2, 0.25) is 0 Å². The number of thiocarbonyl (C=S) groups is 1. The van der Waals surface area contributed by atoms with Gasteiger partial charge < -0.3 is 15.1 Å². The molecule has 1 heterocycles. The summed E-state index contributed by atoms with van der Waals surface area (Å²) in [7, 11) is 0. The number of rotatable bonds is 3. The fraction of sp³-hybridized carbons (Fsp3) is 0.0625. The molecule has 4 heteroatoms. The van der Waals surface area contributed by atoms with Gasteiger partial charge in [0.2, 0.25) is 0 Å². The highest BCUT2D eigenvalue weighted by molar-refractivity contribution is 7.80. The maximum absolute atomic E-state index is 5.79. The lowest BCUT2D eigenvalue weighted by Gasteiger charge is -2.08. The first-order chi connectivity index (χ1) is 9.78. The van der Waals surface area contributed by atoms with Gasteiger partial charge in [0, 0.05) is 23.0 Å². The third kappa shape index (κ3) is 2.38. The molecular weight excluding hydrogens is 268 g/mol. The third-order valence-corrected chi connectivity index (χ3v) is 3.29. The maximum atomic E-state index is 5.79. The topological polar surface area (TPSA) is 37.2 Å². The Bertz CT molecular complexity index is 791. The Hall–Kier alpha value is -2.33. The Labute approximate surface area is 122 Å². The minimum Gasteiger partial charge on any atom is -0.456 e. The van der Waals surface area contributed by atoms with Gasteiger partial charge in [0.25, 0.3) is 0 Å². The Morgan fingerprint density at radius 2 is 1.95 bits per heavy atom. The molecule has 100 valence electrons. The van der Waals surface area contributed by atoms with Crippen molar-refractivity contribution in [2.75, 3.05) is 11.9 Å². The minimum atomic E-state index is 0.581. The summed E-state index contributed by atoms with van der Waals surface area (Å²) < 4.78 is 5.79. The molecule has 0 saturated carbocycles. The Morgan fingerprint density at radius 3 is 2.80 bits per heavy atom. The molecule has 20 heavy (non-hydrogen) atoms. The zero-order valence-corrected chi connectivity index (χ0v) is 11.7. The first kappa shape index (κ1) is 12.7. The highest BCUT2D eigenvalue weighted by atomic mass is 32.1. The van der Waals surface area contributed by atoms with Crippen LogP contribution in [-0.2, 0) is 0 Å². The lowest BCUT2D eigenvalue weighted by atomic mass is 10.1. The lowest BCUT2D eigenvalue weighted by molar-refractivity contribution is 0.669. The van der Waals surface area contributed by atoms with E-state index in [1.54, 1.807) is 6.08 Å². The average Bonchev–Trinajstić information content (AvgIpc) is 2.83. The van der Waals surface area contributed by atoms with Crippen LogP contribution in [0.1, 0.15) is 0 Å². The summed E-state index contributed by atoms with van der Waals surface area (Å²) in [5.41, 5.74) is 2.71. The Balaban J connectivity index is 1.95. The van der Waals surface area contributed by atoms with Crippen LogP contribution in [0.25, 0.3) is 21.9 Å². The van der Waals surface area contributed by atoms with E-state index in [0.717, 1.165) is 27.6 Å². The largest absolute Gasteiger partial charge is 0.456 e. The van der Waals surface area contributed by atoms with Crippen molar-refractivity contribution in [1.82, 2.24) is 5.32 Å². The highest BCUT2D eigenvalue weighted by Crippen LogP contribution is 2.30. The maximum Gasteiger partial charge on any atom is 0.171 e. The molecule has 0 saturated heterocycles. The molecule has 3 rings (SSSR count). The number of benzene rings is 2. The standard InChI is InChI=1S/C16H14N2OS/c1-2-9-17-16(20)18-11-7-8-15-13(10-11)12-5-3-4-6-14(12)19-15/h2-8,10H,1,9H2,(H2,17,18,20). The summed E-state index contributed by atoms with van der Waals surface area (Å²) in [4.78, 5) is 0. The number of furan rings is 1. The summed E-state index contributed by atoms with van der Waals surface area (Å²) in [6.07, 6.45) is 1.76. The smallest absolute Gasteiger partial charge is 0.171 e. The Morgan fingerprint density at radius 1 is 1.15 bits per heavy atom. The minimum absolute atomic E-state index is 0.581. The first-order valence-corrected chi connectivity index (χ1v) is 6.76. The number of nitrogens with one attached hydrogen (secondary N) is 2. The molecule has 0 fully saturated rings. The fourth-order valence-electron chi connectivity index (χ4n) is 2.14. The molecule has 0 unspecified atom stereocenters. The number of anilines is 1. The van der Waals surface area contributed by atoms with E-state index in [4.69, 9.17) is 16.6 Å². The molecule has 0 atom stereocenters. The first-order valence-electron chi connectivity index (χ1n) is 6.35. The number of fused-ring (bicyclic) bond motifs is 3. The lowest BCUT2D eigenvalue weighted by Crippen LogP contribution is -2.28. The van der Waals surface area contributed by atoms with Crippen LogP contribution < -0.4 is 10.6 Å². The van der Waals surface area contributed by atoms with Crippen molar-refractivity contribution in [1.29, 1.82) is 0 Å². The highest BCUT2D eigenvalue weighted by Gasteiger charge is 2.07. The molecule has 3 nitrogen and oxygen atoms in total. The van der Waals surface area contributed by atoms with Crippen molar-refractivity contribution in [3.8, 4) is 0 Å². The van der Waals surface area contributed by atoms with E-state index in [1.807, 2.05) is 36.4 Å². The van der Waals surface area contributed by atoms with Crippen molar-refractivity contribution >= 4 is 45.0 Å². The molecule has 3 aromatic rings. The van der Waals surface area contributed by atoms with E-state index in [-0.39, 0.29) is 0 Å². The van der Waals surface area contributed by atoms with Gasteiger partial charge in [-0.15, -0.1) is 6.58 Å². The second-order valence-electron chi connectivity index (χ2n) is 4.43. The van der Waals surface area contributed by atoms with Crippen LogP contribution in [0.15, 0.2) is 59.5 Å². The van der Waals surface area contributed by atoms with E-state index >= 15 is 0 Å². The quantitative estimate of drug-likeness (QED) is 0.561. The molecular formula is C16H14N2OS. The van der Waals surface area contributed by atoms with Gasteiger partial charge in [0.15, 0.2) is 5.11 Å². The van der Waals surface area contributed by atoms with Crippen LogP contribution in [0.4, 0.5) is 5.69 Å². The van der Waals surface area contributed by atoms with Crippen LogP contribution in [-0.4, -0.2) is 11.7 Å². The van der Waals surface area contributed by atoms with Crippen LogP contribution in [0.3, 0.4) is 0 Å². The van der Waals surface area contributed by atoms with Crippen molar-refractivity contribution < 1.29 is 4.42 Å². The van der Waals surface area contributed by atoms with E-state index in [1.165, 1.54) is 0 Å². The molecule has 0 amide bonds. The van der Waals surface area contributed by atoms with E-state index < -0.39 is 0 Å². The van der Waals surface area contributed by atoms with Gasteiger partial charge in [-0.25, -0.2) is 0 Å². The van der Waals surface area contributed by atoms with Gasteiger partial charge in [0.1, 0.15) is 11.2 Å². The van der Waals surface area contributed by atoms with Crippen molar-refractivity contribution in [3.63, 3.8) is 0 Å². The van der Waals surface area contributed by atoms with Gasteiger partial charge >= 0.3 is 0 Å². The molecule has 0 bridgehead atoms. The third-order valence-electron chi connectivity index (χ3n) is 3.04. The van der Waals surface area contributed by atoms with Crippen molar-refractivity contribution in [3.05, 3.63) is 55.1 Å². The second-order valence-corrected chi connectivity index (χ2v) is 4.84. The average molecular weight is 282 g/mol. The van der Waals surface area contributed by atoms with E-state index in [9.17, 15) is 0 Å². The molecule has 2 N–H and O–H groups in total. The van der Waals surface area contributed by atoms with Crippen LogP contribution in [0.5, 0.6) is 0 Å². The van der Waals surface area contributed by atoms with Gasteiger partial charge in [-0.2, -0.15) is 0 Å². The van der Waals surface area contributed by atoms with E-state index in [0.29, 0.717) is 11.7 Å². The number of hydrogen-bond donors (Lipinski definition) is 2. The van der Waals surface area contributed by atoms with Crippen LogP contribution in [0, 0.1) is 0 Å². The molecule has 1 aromatic heterocycles. The normalized spacial score (nSPS) is 10.6. The van der Waals surface area contributed by atoms with Crippen molar-refractivity contribution in [2.45, 2.75) is 0 Å². The van der Waals surface area contributed by atoms with Gasteiger partial charge in [-0.1, -0.05) is 24.3 Å². The summed E-state index contributed by atoms with van der Waals surface area (Å²) in [6.45, 7) is 4.29. The summed E-state index contributed by atoms with van der Waals surface area (Å²) >= 11 is 5.21.